The van der Waals surface area contributed by atoms with E-state index in [1.54, 1.807) is 12.1 Å². The number of ether oxygens (including phenoxy) is 1. The molecule has 2 aromatic heterocycles. The number of anilines is 1. The Hall–Kier alpha value is -3.47. The van der Waals surface area contributed by atoms with Crippen molar-refractivity contribution in [3.63, 3.8) is 0 Å². The number of hydrogen-bond donors (Lipinski definition) is 2. The molecule has 186 valence electrons. The smallest absolute Gasteiger partial charge is 0.281 e. The molecule has 0 saturated carbocycles. The average Bonchev–Trinajstić information content (AvgIpc) is 3.39. The number of aromatic nitrogens is 3. The van der Waals surface area contributed by atoms with Crippen molar-refractivity contribution in [1.82, 2.24) is 19.9 Å². The highest BCUT2D eigenvalue weighted by atomic mass is 32.2. The van der Waals surface area contributed by atoms with Crippen LogP contribution < -0.4 is 14.4 Å². The van der Waals surface area contributed by atoms with Crippen molar-refractivity contribution in [2.45, 2.75) is 38.1 Å². The van der Waals surface area contributed by atoms with Gasteiger partial charge in [0.2, 0.25) is 0 Å². The summed E-state index contributed by atoms with van der Waals surface area (Å²) >= 11 is 0. The fourth-order valence-electron chi connectivity index (χ4n) is 3.81. The van der Waals surface area contributed by atoms with Gasteiger partial charge in [-0.15, -0.1) is 0 Å². The lowest BCUT2D eigenvalue weighted by Crippen LogP contribution is -2.35. The molecule has 3 aromatic rings. The number of sulfonamides is 1. The number of benzene rings is 1. The molecule has 1 fully saturated rings. The van der Waals surface area contributed by atoms with Crippen molar-refractivity contribution in [1.29, 1.82) is 0 Å². The molecule has 1 aromatic carbocycles. The van der Waals surface area contributed by atoms with Gasteiger partial charge in [-0.05, 0) is 55.5 Å². The molecule has 0 spiro atoms. The third-order valence-corrected chi connectivity index (χ3v) is 6.78. The van der Waals surface area contributed by atoms with E-state index in [1.807, 2.05) is 18.7 Å². The number of amides is 1. The second-order valence-electron chi connectivity index (χ2n) is 8.85. The third-order valence-electron chi connectivity index (χ3n) is 5.52. The first-order valence-electron chi connectivity index (χ1n) is 11.5. The van der Waals surface area contributed by atoms with Gasteiger partial charge < -0.3 is 9.64 Å². The number of rotatable bonds is 8. The summed E-state index contributed by atoms with van der Waals surface area (Å²) in [7, 11) is -4.13. The van der Waals surface area contributed by atoms with Gasteiger partial charge in [0.1, 0.15) is 17.4 Å². The lowest BCUT2D eigenvalue weighted by atomic mass is 10.1. The second kappa shape index (κ2) is 10.4. The Bertz CT molecular complexity index is 1290. The molecule has 1 aliphatic heterocycles. The zero-order valence-corrected chi connectivity index (χ0v) is 20.4. The number of pyridine rings is 1. The molecule has 1 amide bonds. The molecule has 0 unspecified atom stereocenters. The van der Waals surface area contributed by atoms with E-state index in [1.165, 1.54) is 30.5 Å². The molecule has 35 heavy (non-hydrogen) atoms. The Morgan fingerprint density at radius 2 is 1.94 bits per heavy atom. The minimum Gasteiger partial charge on any atom is -0.493 e. The number of hydrogen-bond acceptors (Lipinski definition) is 7. The molecule has 1 aliphatic rings. The number of carbonyl (C=O) groups excluding carboxylic acids is 1. The molecule has 0 atom stereocenters. The van der Waals surface area contributed by atoms with Gasteiger partial charge in [-0.25, -0.2) is 14.1 Å². The van der Waals surface area contributed by atoms with Gasteiger partial charge in [-0.1, -0.05) is 13.8 Å². The summed E-state index contributed by atoms with van der Waals surface area (Å²) in [5.41, 5.74) is 1.07. The number of H-pyrrole nitrogens is 1. The molecule has 0 aliphatic carbocycles. The standard InChI is InChI=1S/C24H28FN5O4S/c1-16(2)15-34-19-13-17(12-18(25)14-19)21-7-6-20(23(27-21)30-10-4-3-5-11-30)24(31)29-35(32,33)22-8-9-26-28-22/h6-9,12-14,16H,3-5,10-11,15H2,1-2H3,(H,26,28)(H,29,31). The van der Waals surface area contributed by atoms with Gasteiger partial charge in [-0.3, -0.25) is 9.89 Å². The van der Waals surface area contributed by atoms with Crippen LogP contribution in [0.1, 0.15) is 43.5 Å². The highest BCUT2D eigenvalue weighted by Crippen LogP contribution is 2.30. The van der Waals surface area contributed by atoms with Crippen LogP contribution in [0.3, 0.4) is 0 Å². The summed E-state index contributed by atoms with van der Waals surface area (Å²) in [5, 5.41) is 5.75. The lowest BCUT2D eigenvalue weighted by molar-refractivity contribution is 0.0981. The summed E-state index contributed by atoms with van der Waals surface area (Å²) in [5.74, 6) is -0.244. The number of aromatic amines is 1. The van der Waals surface area contributed by atoms with Crippen molar-refractivity contribution < 1.29 is 22.3 Å². The van der Waals surface area contributed by atoms with Gasteiger partial charge >= 0.3 is 0 Å². The van der Waals surface area contributed by atoms with Crippen molar-refractivity contribution >= 4 is 21.7 Å². The molecular formula is C24H28FN5O4S. The zero-order valence-electron chi connectivity index (χ0n) is 19.6. The zero-order chi connectivity index (χ0) is 25.0. The summed E-state index contributed by atoms with van der Waals surface area (Å²) in [6, 6.07) is 8.73. The Kier molecular flexibility index (Phi) is 7.34. The molecule has 0 radical (unpaired) electrons. The maximum atomic E-state index is 14.4. The third kappa shape index (κ3) is 5.97. The first kappa shape index (κ1) is 24.6. The van der Waals surface area contributed by atoms with E-state index in [9.17, 15) is 17.6 Å². The number of carbonyl (C=O) groups is 1. The molecule has 0 bridgehead atoms. The first-order chi connectivity index (χ1) is 16.7. The van der Waals surface area contributed by atoms with E-state index >= 15 is 0 Å². The maximum absolute atomic E-state index is 14.4. The predicted molar refractivity (Wildman–Crippen MR) is 129 cm³/mol. The summed E-state index contributed by atoms with van der Waals surface area (Å²) in [6.07, 6.45) is 4.19. The maximum Gasteiger partial charge on any atom is 0.281 e. The van der Waals surface area contributed by atoms with E-state index < -0.39 is 21.7 Å². The number of piperidine rings is 1. The molecule has 3 heterocycles. The average molecular weight is 502 g/mol. The number of halogens is 1. The van der Waals surface area contributed by atoms with Crippen molar-refractivity contribution in [3.05, 3.63) is 54.0 Å². The second-order valence-corrected chi connectivity index (χ2v) is 10.5. The molecule has 1 saturated heterocycles. The first-order valence-corrected chi connectivity index (χ1v) is 13.0. The quantitative estimate of drug-likeness (QED) is 0.483. The highest BCUT2D eigenvalue weighted by Gasteiger charge is 2.26. The largest absolute Gasteiger partial charge is 0.493 e. The van der Waals surface area contributed by atoms with E-state index in [-0.39, 0.29) is 16.5 Å². The molecule has 9 nitrogen and oxygen atoms in total. The van der Waals surface area contributed by atoms with Gasteiger partial charge in [0, 0.05) is 24.7 Å². The Morgan fingerprint density at radius 3 is 2.63 bits per heavy atom. The minimum atomic E-state index is -4.13. The van der Waals surface area contributed by atoms with Gasteiger partial charge in [-0.2, -0.15) is 13.5 Å². The predicted octanol–water partition coefficient (Wildman–Crippen LogP) is 3.75. The van der Waals surface area contributed by atoms with E-state index in [2.05, 4.69) is 19.9 Å². The molecular weight excluding hydrogens is 473 g/mol. The van der Waals surface area contributed by atoms with Crippen LogP contribution in [-0.4, -0.2) is 49.2 Å². The van der Waals surface area contributed by atoms with Crippen LogP contribution in [0.5, 0.6) is 5.75 Å². The molecule has 11 heteroatoms. The fourth-order valence-corrected chi connectivity index (χ4v) is 4.69. The van der Waals surface area contributed by atoms with Crippen LogP contribution in [0.15, 0.2) is 47.6 Å². The van der Waals surface area contributed by atoms with E-state index in [0.29, 0.717) is 42.5 Å². The summed E-state index contributed by atoms with van der Waals surface area (Å²) in [6.45, 7) is 5.80. The monoisotopic (exact) mass is 501 g/mol. The van der Waals surface area contributed by atoms with Crippen molar-refractivity contribution in [3.8, 4) is 17.0 Å². The molecule has 4 rings (SSSR count). The van der Waals surface area contributed by atoms with Crippen LogP contribution in [0.4, 0.5) is 10.2 Å². The summed E-state index contributed by atoms with van der Waals surface area (Å²) in [4.78, 5) is 19.7. The van der Waals surface area contributed by atoms with Crippen LogP contribution in [0.25, 0.3) is 11.3 Å². The highest BCUT2D eigenvalue weighted by molar-refractivity contribution is 7.90. The van der Waals surface area contributed by atoms with Gasteiger partial charge in [0.05, 0.1) is 24.1 Å². The number of nitrogens with zero attached hydrogens (tertiary/aromatic N) is 3. The fraction of sp³-hybridized carbons (Fsp3) is 0.375. The van der Waals surface area contributed by atoms with Crippen LogP contribution in [-0.2, 0) is 10.0 Å². The molecule has 2 N–H and O–H groups in total. The Morgan fingerprint density at radius 1 is 1.17 bits per heavy atom. The topological polar surface area (TPSA) is 117 Å². The van der Waals surface area contributed by atoms with E-state index in [0.717, 1.165) is 19.3 Å². The van der Waals surface area contributed by atoms with Crippen LogP contribution >= 0.6 is 0 Å². The summed E-state index contributed by atoms with van der Waals surface area (Å²) < 4.78 is 47.2. The normalized spacial score (nSPS) is 14.2. The SMILES string of the molecule is CC(C)COc1cc(F)cc(-c2ccc(C(=O)NS(=O)(=O)c3ccn[nH]3)c(N3CCCCC3)n2)c1. The van der Waals surface area contributed by atoms with Crippen molar-refractivity contribution in [2.24, 2.45) is 5.92 Å². The Balaban J connectivity index is 1.70. The van der Waals surface area contributed by atoms with Gasteiger partial charge in [0.25, 0.3) is 15.9 Å². The van der Waals surface area contributed by atoms with E-state index in [4.69, 9.17) is 4.74 Å². The lowest BCUT2D eigenvalue weighted by Gasteiger charge is -2.29. The van der Waals surface area contributed by atoms with Gasteiger partial charge in [0.15, 0.2) is 5.03 Å². The van der Waals surface area contributed by atoms with Crippen LogP contribution in [0.2, 0.25) is 0 Å². The minimum absolute atomic E-state index is 0.117. The van der Waals surface area contributed by atoms with Crippen molar-refractivity contribution in [2.75, 3.05) is 24.6 Å². The van der Waals surface area contributed by atoms with Crippen LogP contribution in [0, 0.1) is 11.7 Å². The number of nitrogens with one attached hydrogen (secondary N) is 2. The Labute approximate surface area is 203 Å².